The van der Waals surface area contributed by atoms with Gasteiger partial charge in [0.25, 0.3) is 0 Å². The van der Waals surface area contributed by atoms with Gasteiger partial charge in [0.2, 0.25) is 11.8 Å². The van der Waals surface area contributed by atoms with Gasteiger partial charge >= 0.3 is 0 Å². The van der Waals surface area contributed by atoms with E-state index in [9.17, 15) is 9.59 Å². The number of aromatic nitrogens is 1. The maximum Gasteiger partial charge on any atom is 0.244 e. The van der Waals surface area contributed by atoms with Crippen molar-refractivity contribution in [1.29, 1.82) is 0 Å². The standard InChI is InChI=1S/C19H15N3O2S/c23-17(21-14-7-3-5-13-6-4-10-20-19(13)14)11-22-15-8-1-2-9-16(15)25-12-18(22)24/h1-10H,11-12H2,(H,21,23). The Balaban J connectivity index is 1.57. The zero-order valence-corrected chi connectivity index (χ0v) is 14.1. The summed E-state index contributed by atoms with van der Waals surface area (Å²) in [7, 11) is 0. The number of para-hydroxylation sites is 2. The van der Waals surface area contributed by atoms with E-state index in [0.29, 0.717) is 11.4 Å². The highest BCUT2D eigenvalue weighted by Gasteiger charge is 2.26. The van der Waals surface area contributed by atoms with E-state index in [1.54, 1.807) is 11.1 Å². The monoisotopic (exact) mass is 349 g/mol. The molecule has 0 bridgehead atoms. The number of fused-ring (bicyclic) bond motifs is 2. The van der Waals surface area contributed by atoms with Crippen molar-refractivity contribution in [1.82, 2.24) is 4.98 Å². The predicted molar refractivity (Wildman–Crippen MR) is 99.9 cm³/mol. The Kier molecular flexibility index (Phi) is 4.11. The quantitative estimate of drug-likeness (QED) is 0.788. The Morgan fingerprint density at radius 1 is 1.12 bits per heavy atom. The number of hydrogen-bond donors (Lipinski definition) is 1. The molecule has 124 valence electrons. The molecule has 1 aliphatic heterocycles. The molecule has 2 amide bonds. The fourth-order valence-corrected chi connectivity index (χ4v) is 3.80. The molecule has 3 aromatic rings. The first kappa shape index (κ1) is 15.7. The van der Waals surface area contributed by atoms with Crippen LogP contribution < -0.4 is 10.2 Å². The van der Waals surface area contributed by atoms with Gasteiger partial charge in [-0.15, -0.1) is 11.8 Å². The second-order valence-electron chi connectivity index (χ2n) is 5.67. The van der Waals surface area contributed by atoms with E-state index >= 15 is 0 Å². The molecular formula is C19H15N3O2S. The second-order valence-corrected chi connectivity index (χ2v) is 6.68. The lowest BCUT2D eigenvalue weighted by Gasteiger charge is -2.28. The number of carbonyl (C=O) groups is 2. The highest BCUT2D eigenvalue weighted by Crippen LogP contribution is 2.34. The average molecular weight is 349 g/mol. The predicted octanol–water partition coefficient (Wildman–Crippen LogP) is 3.31. The second kappa shape index (κ2) is 6.57. The van der Waals surface area contributed by atoms with Crippen LogP contribution in [-0.4, -0.2) is 29.1 Å². The van der Waals surface area contributed by atoms with E-state index < -0.39 is 0 Å². The Labute approximate surface area is 149 Å². The molecule has 2 aromatic carbocycles. The van der Waals surface area contributed by atoms with Gasteiger partial charge < -0.3 is 10.2 Å². The van der Waals surface area contributed by atoms with Crippen molar-refractivity contribution in [2.45, 2.75) is 4.90 Å². The molecule has 5 nitrogen and oxygen atoms in total. The largest absolute Gasteiger partial charge is 0.323 e. The summed E-state index contributed by atoms with van der Waals surface area (Å²) < 4.78 is 0. The Bertz CT molecular complexity index is 968. The molecule has 1 aliphatic rings. The van der Waals surface area contributed by atoms with Gasteiger partial charge in [-0.25, -0.2) is 0 Å². The number of benzene rings is 2. The van der Waals surface area contributed by atoms with Crippen LogP contribution >= 0.6 is 11.8 Å². The minimum atomic E-state index is -0.242. The lowest BCUT2D eigenvalue weighted by atomic mass is 10.2. The molecule has 0 radical (unpaired) electrons. The van der Waals surface area contributed by atoms with Crippen molar-refractivity contribution in [2.24, 2.45) is 0 Å². The van der Waals surface area contributed by atoms with Gasteiger partial charge in [0.05, 0.1) is 22.6 Å². The first-order valence-corrected chi connectivity index (χ1v) is 8.87. The summed E-state index contributed by atoms with van der Waals surface area (Å²) >= 11 is 1.50. The van der Waals surface area contributed by atoms with Crippen LogP contribution in [-0.2, 0) is 9.59 Å². The molecule has 6 heteroatoms. The van der Waals surface area contributed by atoms with Gasteiger partial charge in [0.15, 0.2) is 0 Å². The van der Waals surface area contributed by atoms with Gasteiger partial charge in [-0.05, 0) is 24.3 Å². The van der Waals surface area contributed by atoms with Crippen LogP contribution in [0.25, 0.3) is 10.9 Å². The Hall–Kier alpha value is -2.86. The van der Waals surface area contributed by atoms with Gasteiger partial charge in [-0.3, -0.25) is 14.6 Å². The first-order chi connectivity index (χ1) is 12.2. The van der Waals surface area contributed by atoms with Crippen molar-refractivity contribution in [2.75, 3.05) is 22.5 Å². The van der Waals surface area contributed by atoms with Crippen LogP contribution in [0.4, 0.5) is 11.4 Å². The lowest BCUT2D eigenvalue weighted by Crippen LogP contribution is -2.41. The SMILES string of the molecule is O=C(CN1C(=O)CSc2ccccc21)Nc1cccc2cccnc12. The average Bonchev–Trinajstić information content (AvgIpc) is 2.64. The molecule has 0 atom stereocenters. The number of pyridine rings is 1. The Morgan fingerprint density at radius 3 is 2.88 bits per heavy atom. The number of amides is 2. The minimum absolute atomic E-state index is 0.0143. The summed E-state index contributed by atoms with van der Waals surface area (Å²) in [5, 5.41) is 3.84. The summed E-state index contributed by atoms with van der Waals surface area (Å²) in [6, 6.07) is 17.1. The zero-order chi connectivity index (χ0) is 17.2. The summed E-state index contributed by atoms with van der Waals surface area (Å²) in [4.78, 5) is 31.7. The normalized spacial score (nSPS) is 13.6. The highest BCUT2D eigenvalue weighted by molar-refractivity contribution is 8.00. The minimum Gasteiger partial charge on any atom is -0.323 e. The zero-order valence-electron chi connectivity index (χ0n) is 13.3. The van der Waals surface area contributed by atoms with E-state index in [-0.39, 0.29) is 18.4 Å². The molecule has 0 fully saturated rings. The van der Waals surface area contributed by atoms with Crippen LogP contribution in [0, 0.1) is 0 Å². The summed E-state index contributed by atoms with van der Waals surface area (Å²) in [6.45, 7) is -0.0143. The van der Waals surface area contributed by atoms with Crippen molar-refractivity contribution in [3.63, 3.8) is 0 Å². The molecule has 25 heavy (non-hydrogen) atoms. The van der Waals surface area contributed by atoms with Gasteiger partial charge in [0.1, 0.15) is 6.54 Å². The maximum absolute atomic E-state index is 12.5. The van der Waals surface area contributed by atoms with Crippen LogP contribution in [0.2, 0.25) is 0 Å². The molecule has 0 saturated carbocycles. The molecule has 2 heterocycles. The van der Waals surface area contributed by atoms with E-state index in [2.05, 4.69) is 10.3 Å². The van der Waals surface area contributed by atoms with Crippen LogP contribution in [0.3, 0.4) is 0 Å². The molecule has 0 unspecified atom stereocenters. The fraction of sp³-hybridized carbons (Fsp3) is 0.105. The first-order valence-electron chi connectivity index (χ1n) is 7.88. The molecule has 0 saturated heterocycles. The summed E-state index contributed by atoms with van der Waals surface area (Å²) in [5.41, 5.74) is 2.17. The number of nitrogens with zero attached hydrogens (tertiary/aromatic N) is 2. The van der Waals surface area contributed by atoms with Gasteiger partial charge in [0, 0.05) is 16.5 Å². The number of nitrogens with one attached hydrogen (secondary N) is 1. The van der Waals surface area contributed by atoms with Gasteiger partial charge in [-0.1, -0.05) is 30.3 Å². The van der Waals surface area contributed by atoms with E-state index in [4.69, 9.17) is 0 Å². The molecule has 0 aliphatic carbocycles. The van der Waals surface area contributed by atoms with Crippen LogP contribution in [0.5, 0.6) is 0 Å². The number of carbonyl (C=O) groups excluding carboxylic acids is 2. The smallest absolute Gasteiger partial charge is 0.244 e. The third-order valence-electron chi connectivity index (χ3n) is 4.02. The molecule has 0 spiro atoms. The lowest BCUT2D eigenvalue weighted by molar-refractivity contribution is -0.120. The van der Waals surface area contributed by atoms with E-state index in [1.807, 2.05) is 54.6 Å². The molecule has 1 N–H and O–H groups in total. The molecule has 1 aromatic heterocycles. The molecule has 4 rings (SSSR count). The van der Waals surface area contributed by atoms with E-state index in [1.165, 1.54) is 11.8 Å². The topological polar surface area (TPSA) is 62.3 Å². The Morgan fingerprint density at radius 2 is 1.96 bits per heavy atom. The number of rotatable bonds is 3. The summed E-state index contributed by atoms with van der Waals surface area (Å²) in [5.74, 6) is 0.0447. The van der Waals surface area contributed by atoms with E-state index in [0.717, 1.165) is 21.5 Å². The van der Waals surface area contributed by atoms with Crippen molar-refractivity contribution in [3.8, 4) is 0 Å². The number of hydrogen-bond acceptors (Lipinski definition) is 4. The highest BCUT2D eigenvalue weighted by atomic mass is 32.2. The third kappa shape index (κ3) is 3.08. The summed E-state index contributed by atoms with van der Waals surface area (Å²) in [6.07, 6.45) is 1.69. The van der Waals surface area contributed by atoms with Gasteiger partial charge in [-0.2, -0.15) is 0 Å². The van der Waals surface area contributed by atoms with Crippen LogP contribution in [0.15, 0.2) is 65.7 Å². The third-order valence-corrected chi connectivity index (χ3v) is 5.06. The van der Waals surface area contributed by atoms with Crippen molar-refractivity contribution < 1.29 is 9.59 Å². The molecular weight excluding hydrogens is 334 g/mol. The van der Waals surface area contributed by atoms with Crippen molar-refractivity contribution >= 4 is 45.9 Å². The maximum atomic E-state index is 12.5. The van der Waals surface area contributed by atoms with Crippen molar-refractivity contribution in [3.05, 3.63) is 60.8 Å². The number of anilines is 2. The number of thioether (sulfide) groups is 1. The fourth-order valence-electron chi connectivity index (χ4n) is 2.87. The van der Waals surface area contributed by atoms with Crippen LogP contribution in [0.1, 0.15) is 0 Å².